The quantitative estimate of drug-likeness (QED) is 0.803. The molecule has 0 unspecified atom stereocenters. The maximum atomic E-state index is 14.6. The lowest BCUT2D eigenvalue weighted by molar-refractivity contribution is 0.0775. The zero-order valence-corrected chi connectivity index (χ0v) is 14.7. The standard InChI is InChI=1S/C17H23ClFNO3/c1-16(2,3)20(15(21)22)11-6-7-12(13(18)14(11)19)23-10-17(4)8-5-9-17/h6-7H,5,8-10H2,1-4H3,(H,21,22). The number of halogens is 2. The van der Waals surface area contributed by atoms with Crippen molar-refractivity contribution in [2.24, 2.45) is 5.41 Å². The van der Waals surface area contributed by atoms with Gasteiger partial charge in [-0.1, -0.05) is 24.9 Å². The fraction of sp³-hybridized carbons (Fsp3) is 0.588. The minimum Gasteiger partial charge on any atom is -0.491 e. The van der Waals surface area contributed by atoms with Crippen LogP contribution in [0.4, 0.5) is 14.9 Å². The van der Waals surface area contributed by atoms with E-state index >= 15 is 0 Å². The molecule has 23 heavy (non-hydrogen) atoms. The first-order valence-electron chi connectivity index (χ1n) is 7.69. The van der Waals surface area contributed by atoms with Gasteiger partial charge in [0.1, 0.15) is 10.8 Å². The molecule has 2 rings (SSSR count). The van der Waals surface area contributed by atoms with E-state index in [2.05, 4.69) is 6.92 Å². The molecule has 0 atom stereocenters. The molecule has 1 aliphatic carbocycles. The topological polar surface area (TPSA) is 49.8 Å². The molecule has 0 saturated heterocycles. The van der Waals surface area contributed by atoms with E-state index in [1.54, 1.807) is 20.8 Å². The third-order valence-electron chi connectivity index (χ3n) is 4.27. The van der Waals surface area contributed by atoms with Gasteiger partial charge in [0.25, 0.3) is 0 Å². The van der Waals surface area contributed by atoms with Gasteiger partial charge in [0, 0.05) is 11.0 Å². The fourth-order valence-electron chi connectivity index (χ4n) is 2.73. The van der Waals surface area contributed by atoms with Crippen molar-refractivity contribution in [1.29, 1.82) is 0 Å². The molecule has 1 N–H and O–H groups in total. The van der Waals surface area contributed by atoms with Gasteiger partial charge in [-0.25, -0.2) is 9.18 Å². The lowest BCUT2D eigenvalue weighted by atomic mass is 9.71. The predicted molar refractivity (Wildman–Crippen MR) is 89.1 cm³/mol. The molecule has 1 aromatic carbocycles. The van der Waals surface area contributed by atoms with Gasteiger partial charge in [-0.2, -0.15) is 0 Å². The van der Waals surface area contributed by atoms with Crippen LogP contribution in [0, 0.1) is 11.2 Å². The van der Waals surface area contributed by atoms with E-state index in [-0.39, 0.29) is 21.9 Å². The second-order valence-electron chi connectivity index (χ2n) is 7.45. The molecule has 0 bridgehead atoms. The molecule has 0 aromatic heterocycles. The van der Waals surface area contributed by atoms with Crippen molar-refractivity contribution in [2.75, 3.05) is 11.5 Å². The Labute approximate surface area is 141 Å². The predicted octanol–water partition coefficient (Wildman–Crippen LogP) is 5.33. The second kappa shape index (κ2) is 6.19. The molecular weight excluding hydrogens is 321 g/mol. The Morgan fingerprint density at radius 1 is 1.43 bits per heavy atom. The number of benzene rings is 1. The third-order valence-corrected chi connectivity index (χ3v) is 4.62. The van der Waals surface area contributed by atoms with Crippen LogP contribution >= 0.6 is 11.6 Å². The number of anilines is 1. The van der Waals surface area contributed by atoms with E-state index in [9.17, 15) is 14.3 Å². The van der Waals surface area contributed by atoms with Crippen LogP contribution < -0.4 is 9.64 Å². The smallest absolute Gasteiger partial charge is 0.412 e. The fourth-order valence-corrected chi connectivity index (χ4v) is 2.95. The van der Waals surface area contributed by atoms with Crippen LogP contribution in [-0.4, -0.2) is 23.3 Å². The van der Waals surface area contributed by atoms with Gasteiger partial charge in [-0.3, -0.25) is 4.90 Å². The summed E-state index contributed by atoms with van der Waals surface area (Å²) in [7, 11) is 0. The van der Waals surface area contributed by atoms with Crippen LogP contribution in [-0.2, 0) is 0 Å². The van der Waals surface area contributed by atoms with Crippen LogP contribution in [0.15, 0.2) is 12.1 Å². The highest BCUT2D eigenvalue weighted by Crippen LogP contribution is 2.42. The average molecular weight is 344 g/mol. The number of carbonyl (C=O) groups is 1. The molecule has 0 spiro atoms. The molecule has 0 radical (unpaired) electrons. The number of rotatable bonds is 4. The highest BCUT2D eigenvalue weighted by atomic mass is 35.5. The number of hydrogen-bond donors (Lipinski definition) is 1. The van der Waals surface area contributed by atoms with Gasteiger partial charge in [0.15, 0.2) is 5.82 Å². The Balaban J connectivity index is 2.27. The van der Waals surface area contributed by atoms with E-state index in [1.807, 2.05) is 0 Å². The summed E-state index contributed by atoms with van der Waals surface area (Å²) in [5.41, 5.74) is -0.744. The summed E-state index contributed by atoms with van der Waals surface area (Å²) >= 11 is 6.07. The average Bonchev–Trinajstić information content (AvgIpc) is 2.39. The highest BCUT2D eigenvalue weighted by Gasteiger charge is 2.34. The molecular formula is C17H23ClFNO3. The maximum Gasteiger partial charge on any atom is 0.412 e. The lowest BCUT2D eigenvalue weighted by Gasteiger charge is -2.38. The van der Waals surface area contributed by atoms with Crippen molar-refractivity contribution in [3.05, 3.63) is 23.0 Å². The van der Waals surface area contributed by atoms with Gasteiger partial charge >= 0.3 is 6.09 Å². The van der Waals surface area contributed by atoms with Gasteiger partial charge < -0.3 is 9.84 Å². The number of carboxylic acid groups (broad SMARTS) is 1. The van der Waals surface area contributed by atoms with Crippen molar-refractivity contribution in [3.8, 4) is 5.75 Å². The Hall–Kier alpha value is -1.49. The van der Waals surface area contributed by atoms with E-state index in [0.717, 1.165) is 17.7 Å². The van der Waals surface area contributed by atoms with Crippen molar-refractivity contribution in [1.82, 2.24) is 0 Å². The zero-order valence-electron chi connectivity index (χ0n) is 13.9. The maximum absolute atomic E-state index is 14.6. The normalized spacial score (nSPS) is 16.6. The molecule has 1 aliphatic rings. The van der Waals surface area contributed by atoms with E-state index in [0.29, 0.717) is 6.61 Å². The first kappa shape index (κ1) is 17.9. The Morgan fingerprint density at radius 3 is 2.48 bits per heavy atom. The molecule has 0 heterocycles. The van der Waals surface area contributed by atoms with Crippen LogP contribution in [0.5, 0.6) is 5.75 Å². The summed E-state index contributed by atoms with van der Waals surface area (Å²) in [4.78, 5) is 12.4. The molecule has 1 amide bonds. The van der Waals surface area contributed by atoms with Gasteiger partial charge in [-0.15, -0.1) is 0 Å². The lowest BCUT2D eigenvalue weighted by Crippen LogP contribution is -2.45. The van der Waals surface area contributed by atoms with Crippen molar-refractivity contribution < 1.29 is 19.0 Å². The summed E-state index contributed by atoms with van der Waals surface area (Å²) in [6.45, 7) is 7.68. The molecule has 0 aliphatic heterocycles. The van der Waals surface area contributed by atoms with E-state index in [4.69, 9.17) is 16.3 Å². The minimum atomic E-state index is -1.23. The minimum absolute atomic E-state index is 0.0720. The molecule has 128 valence electrons. The molecule has 6 heteroatoms. The zero-order chi connectivity index (χ0) is 17.4. The monoisotopic (exact) mass is 343 g/mol. The van der Waals surface area contributed by atoms with Crippen LogP contribution in [0.1, 0.15) is 47.0 Å². The number of amides is 1. The summed E-state index contributed by atoms with van der Waals surface area (Å²) in [6, 6.07) is 2.93. The Bertz CT molecular complexity index is 609. The number of hydrogen-bond acceptors (Lipinski definition) is 2. The van der Waals surface area contributed by atoms with Gasteiger partial charge in [0.05, 0.1) is 12.3 Å². The Morgan fingerprint density at radius 2 is 2.04 bits per heavy atom. The first-order valence-corrected chi connectivity index (χ1v) is 8.07. The van der Waals surface area contributed by atoms with Gasteiger partial charge in [-0.05, 0) is 45.7 Å². The first-order chi connectivity index (χ1) is 10.6. The highest BCUT2D eigenvalue weighted by molar-refractivity contribution is 6.32. The van der Waals surface area contributed by atoms with Crippen LogP contribution in [0.2, 0.25) is 5.02 Å². The number of ether oxygens (including phenoxy) is 1. The number of nitrogens with zero attached hydrogens (tertiary/aromatic N) is 1. The van der Waals surface area contributed by atoms with Gasteiger partial charge in [0.2, 0.25) is 0 Å². The van der Waals surface area contributed by atoms with E-state index < -0.39 is 17.4 Å². The third kappa shape index (κ3) is 3.71. The molecule has 4 nitrogen and oxygen atoms in total. The van der Waals surface area contributed by atoms with Crippen LogP contribution in [0.3, 0.4) is 0 Å². The Kier molecular flexibility index (Phi) is 4.81. The second-order valence-corrected chi connectivity index (χ2v) is 7.83. The molecule has 1 fully saturated rings. The van der Waals surface area contributed by atoms with Crippen molar-refractivity contribution in [3.63, 3.8) is 0 Å². The summed E-state index contributed by atoms with van der Waals surface area (Å²) in [6.07, 6.45) is 2.12. The van der Waals surface area contributed by atoms with Crippen molar-refractivity contribution in [2.45, 2.75) is 52.5 Å². The van der Waals surface area contributed by atoms with Crippen LogP contribution in [0.25, 0.3) is 0 Å². The summed E-state index contributed by atoms with van der Waals surface area (Å²) in [5, 5.41) is 9.20. The SMILES string of the molecule is CC1(COc2ccc(N(C(=O)O)C(C)(C)C)c(F)c2Cl)CCC1. The van der Waals surface area contributed by atoms with E-state index in [1.165, 1.54) is 18.6 Å². The summed E-state index contributed by atoms with van der Waals surface area (Å²) < 4.78 is 20.3. The largest absolute Gasteiger partial charge is 0.491 e. The van der Waals surface area contributed by atoms with Crippen molar-refractivity contribution >= 4 is 23.4 Å². The molecule has 1 saturated carbocycles. The summed E-state index contributed by atoms with van der Waals surface area (Å²) in [5.74, 6) is -0.527. The molecule has 1 aromatic rings.